The maximum absolute atomic E-state index is 13.8. The van der Waals surface area contributed by atoms with Gasteiger partial charge in [-0.2, -0.15) is 0 Å². The highest BCUT2D eigenvalue weighted by atomic mass is 32.1. The molecule has 0 aliphatic carbocycles. The summed E-state index contributed by atoms with van der Waals surface area (Å²) in [6.45, 7) is 1.03. The zero-order valence-electron chi connectivity index (χ0n) is 19.3. The largest absolute Gasteiger partial charge is 0.489 e. The summed E-state index contributed by atoms with van der Waals surface area (Å²) in [6, 6.07) is 37.5. The quantitative estimate of drug-likeness (QED) is 0.290. The monoisotopic (exact) mass is 478 g/mol. The molecule has 0 unspecified atom stereocenters. The van der Waals surface area contributed by atoms with Gasteiger partial charge in [-0.25, -0.2) is 0 Å². The number of thiocarbonyl (C=S) groups is 1. The van der Waals surface area contributed by atoms with E-state index in [1.807, 2.05) is 95.9 Å². The van der Waals surface area contributed by atoms with Crippen molar-refractivity contribution in [2.24, 2.45) is 0 Å². The Bertz CT molecular complexity index is 1240. The molecule has 1 heterocycles. The number of hydrogen-bond acceptors (Lipinski definition) is 3. The molecule has 5 heteroatoms. The molecule has 0 spiro atoms. The number of carbonyl (C=O) groups is 1. The van der Waals surface area contributed by atoms with E-state index >= 15 is 0 Å². The summed E-state index contributed by atoms with van der Waals surface area (Å²) in [5, 5.41) is 0.514. The van der Waals surface area contributed by atoms with Crippen LogP contribution in [-0.4, -0.2) is 22.0 Å². The number of amides is 1. The molecule has 5 rings (SSSR count). The second kappa shape index (κ2) is 10.5. The average Bonchev–Trinajstić information content (AvgIpc) is 3.13. The third-order valence-electron chi connectivity index (χ3n) is 6.11. The maximum Gasteiger partial charge on any atom is 0.256 e. The number of hydrogen-bond donors (Lipinski definition) is 0. The van der Waals surface area contributed by atoms with Crippen LogP contribution in [0.5, 0.6) is 5.75 Å². The zero-order chi connectivity index (χ0) is 24.0. The molecule has 1 atom stereocenters. The van der Waals surface area contributed by atoms with Crippen LogP contribution in [-0.2, 0) is 24.4 Å². The van der Waals surface area contributed by atoms with Crippen molar-refractivity contribution in [3.8, 4) is 5.75 Å². The Morgan fingerprint density at radius 1 is 0.714 bits per heavy atom. The smallest absolute Gasteiger partial charge is 0.256 e. The third kappa shape index (κ3) is 5.26. The van der Waals surface area contributed by atoms with Crippen molar-refractivity contribution in [3.63, 3.8) is 0 Å². The lowest BCUT2D eigenvalue weighted by Gasteiger charge is -2.24. The Morgan fingerprint density at radius 3 is 1.97 bits per heavy atom. The second-order valence-corrected chi connectivity index (χ2v) is 8.91. The zero-order valence-corrected chi connectivity index (χ0v) is 20.1. The van der Waals surface area contributed by atoms with E-state index < -0.39 is 0 Å². The van der Waals surface area contributed by atoms with Crippen molar-refractivity contribution >= 4 is 28.9 Å². The van der Waals surface area contributed by atoms with Crippen LogP contribution in [0, 0.1) is 0 Å². The second-order valence-electron chi connectivity index (χ2n) is 8.55. The van der Waals surface area contributed by atoms with Crippen LogP contribution >= 0.6 is 12.2 Å². The summed E-state index contributed by atoms with van der Waals surface area (Å²) in [5.41, 5.74) is 4.03. The van der Waals surface area contributed by atoms with Crippen LogP contribution in [0.3, 0.4) is 0 Å². The summed E-state index contributed by atoms with van der Waals surface area (Å²) in [6.07, 6.45) is 0.591. The molecule has 35 heavy (non-hydrogen) atoms. The van der Waals surface area contributed by atoms with Crippen LogP contribution < -0.4 is 9.64 Å². The van der Waals surface area contributed by atoms with E-state index in [9.17, 15) is 4.79 Å². The Balaban J connectivity index is 1.41. The SMILES string of the molecule is O=C1[C@H](Cc2ccccc2)N(Cc2ccccc2)C(=S)N1c1cccc(OCc2ccccc2)c1. The molecule has 0 N–H and O–H groups in total. The van der Waals surface area contributed by atoms with Crippen molar-refractivity contribution in [2.45, 2.75) is 25.6 Å². The first-order chi connectivity index (χ1) is 17.2. The molecule has 4 aromatic carbocycles. The van der Waals surface area contributed by atoms with E-state index in [-0.39, 0.29) is 11.9 Å². The van der Waals surface area contributed by atoms with Gasteiger partial charge in [0, 0.05) is 19.0 Å². The van der Waals surface area contributed by atoms with Gasteiger partial charge in [-0.3, -0.25) is 9.69 Å². The van der Waals surface area contributed by atoms with Gasteiger partial charge in [0.15, 0.2) is 5.11 Å². The number of rotatable bonds is 8. The lowest BCUT2D eigenvalue weighted by molar-refractivity contribution is -0.119. The molecular weight excluding hydrogens is 452 g/mol. The summed E-state index contributed by atoms with van der Waals surface area (Å²) in [7, 11) is 0. The van der Waals surface area contributed by atoms with E-state index in [0.717, 1.165) is 22.4 Å². The Hall–Kier alpha value is -3.96. The van der Waals surface area contributed by atoms with Gasteiger partial charge < -0.3 is 9.64 Å². The van der Waals surface area contributed by atoms with Crippen molar-refractivity contribution in [3.05, 3.63) is 132 Å². The van der Waals surface area contributed by atoms with Crippen LogP contribution in [0.4, 0.5) is 5.69 Å². The minimum atomic E-state index is -0.376. The lowest BCUT2D eigenvalue weighted by Crippen LogP contribution is -2.36. The summed E-state index contributed by atoms with van der Waals surface area (Å²) in [4.78, 5) is 17.5. The standard InChI is InChI=1S/C30H26N2O2S/c33-29-28(19-23-11-4-1-5-12-23)31(21-24-13-6-2-7-14-24)30(35)32(29)26-17-10-18-27(20-26)34-22-25-15-8-3-9-16-25/h1-18,20,28H,19,21-22H2/t28-/m0/s1. The van der Waals surface area contributed by atoms with Crippen LogP contribution in [0.2, 0.25) is 0 Å². The highest BCUT2D eigenvalue weighted by Gasteiger charge is 2.43. The van der Waals surface area contributed by atoms with Gasteiger partial charge in [0.25, 0.3) is 5.91 Å². The number of ether oxygens (including phenoxy) is 1. The minimum Gasteiger partial charge on any atom is -0.489 e. The average molecular weight is 479 g/mol. The number of carbonyl (C=O) groups excluding carboxylic acids is 1. The van der Waals surface area contributed by atoms with Gasteiger partial charge in [-0.1, -0.05) is 97.1 Å². The predicted octanol–water partition coefficient (Wildman–Crippen LogP) is 6.01. The first kappa shape index (κ1) is 22.8. The summed E-state index contributed by atoms with van der Waals surface area (Å²) < 4.78 is 6.01. The number of nitrogens with zero attached hydrogens (tertiary/aromatic N) is 2. The van der Waals surface area contributed by atoms with Crippen LogP contribution in [0.15, 0.2) is 115 Å². The van der Waals surface area contributed by atoms with Gasteiger partial charge in [-0.05, 0) is 41.0 Å². The molecule has 0 bridgehead atoms. The molecule has 0 saturated carbocycles. The van der Waals surface area contributed by atoms with Gasteiger partial charge in [0.05, 0.1) is 5.69 Å². The third-order valence-corrected chi connectivity index (χ3v) is 6.53. The molecule has 1 saturated heterocycles. The minimum absolute atomic E-state index is 0.0185. The molecular formula is C30H26N2O2S. The van der Waals surface area contributed by atoms with E-state index in [2.05, 4.69) is 24.3 Å². The molecule has 1 fully saturated rings. The molecule has 174 valence electrons. The fraction of sp³-hybridized carbons (Fsp3) is 0.133. The summed E-state index contributed by atoms with van der Waals surface area (Å²) in [5.74, 6) is 0.679. The molecule has 1 amide bonds. The van der Waals surface area contributed by atoms with Gasteiger partial charge in [0.1, 0.15) is 18.4 Å². The van der Waals surface area contributed by atoms with E-state index in [4.69, 9.17) is 17.0 Å². The number of benzene rings is 4. The fourth-order valence-electron chi connectivity index (χ4n) is 4.32. The Labute approximate surface area is 211 Å². The molecule has 4 nitrogen and oxygen atoms in total. The molecule has 0 radical (unpaired) electrons. The van der Waals surface area contributed by atoms with Crippen molar-refractivity contribution in [1.29, 1.82) is 0 Å². The van der Waals surface area contributed by atoms with E-state index in [1.165, 1.54) is 0 Å². The van der Waals surface area contributed by atoms with E-state index in [0.29, 0.717) is 30.4 Å². The lowest BCUT2D eigenvalue weighted by atomic mass is 10.0. The predicted molar refractivity (Wildman–Crippen MR) is 143 cm³/mol. The first-order valence-electron chi connectivity index (χ1n) is 11.7. The Kier molecular flexibility index (Phi) is 6.87. The van der Waals surface area contributed by atoms with Gasteiger partial charge in [-0.15, -0.1) is 0 Å². The highest BCUT2D eigenvalue weighted by molar-refractivity contribution is 7.80. The van der Waals surface area contributed by atoms with Crippen molar-refractivity contribution in [1.82, 2.24) is 4.90 Å². The number of anilines is 1. The van der Waals surface area contributed by atoms with Gasteiger partial charge in [0.2, 0.25) is 0 Å². The van der Waals surface area contributed by atoms with E-state index in [1.54, 1.807) is 4.90 Å². The van der Waals surface area contributed by atoms with Crippen molar-refractivity contribution < 1.29 is 9.53 Å². The van der Waals surface area contributed by atoms with Gasteiger partial charge >= 0.3 is 0 Å². The summed E-state index contributed by atoms with van der Waals surface area (Å²) >= 11 is 5.89. The van der Waals surface area contributed by atoms with Crippen molar-refractivity contribution in [2.75, 3.05) is 4.90 Å². The molecule has 4 aromatic rings. The maximum atomic E-state index is 13.8. The Morgan fingerprint density at radius 2 is 1.31 bits per heavy atom. The normalized spacial score (nSPS) is 15.5. The van der Waals surface area contributed by atoms with Crippen LogP contribution in [0.1, 0.15) is 16.7 Å². The van der Waals surface area contributed by atoms with Crippen LogP contribution in [0.25, 0.3) is 0 Å². The fourth-order valence-corrected chi connectivity index (χ4v) is 4.71. The highest BCUT2D eigenvalue weighted by Crippen LogP contribution is 2.31. The molecule has 0 aromatic heterocycles. The molecule has 1 aliphatic heterocycles. The topological polar surface area (TPSA) is 32.8 Å². The first-order valence-corrected chi connectivity index (χ1v) is 12.1. The molecule has 1 aliphatic rings.